The third kappa shape index (κ3) is 2.94. The Bertz CT molecular complexity index is 440. The van der Waals surface area contributed by atoms with Gasteiger partial charge in [-0.15, -0.1) is 0 Å². The van der Waals surface area contributed by atoms with Crippen LogP contribution in [0.5, 0.6) is 0 Å². The van der Waals surface area contributed by atoms with Crippen LogP contribution in [0, 0.1) is 6.92 Å². The highest BCUT2D eigenvalue weighted by molar-refractivity contribution is 6.32. The van der Waals surface area contributed by atoms with Crippen LogP contribution in [-0.4, -0.2) is 0 Å². The van der Waals surface area contributed by atoms with E-state index in [4.69, 9.17) is 17.4 Å². The summed E-state index contributed by atoms with van der Waals surface area (Å²) in [6.45, 7) is 2.03. The fourth-order valence-corrected chi connectivity index (χ4v) is 2.83. The average Bonchev–Trinajstić information content (AvgIpc) is 2.64. The maximum Gasteiger partial charge on any atom is 0.0684 e. The van der Waals surface area contributed by atoms with E-state index in [1.165, 1.54) is 24.8 Å². The van der Waals surface area contributed by atoms with Crippen molar-refractivity contribution in [3.63, 3.8) is 0 Å². The lowest BCUT2D eigenvalue weighted by Gasteiger charge is -2.21. The Labute approximate surface area is 114 Å². The van der Waals surface area contributed by atoms with Crippen LogP contribution in [0.1, 0.15) is 49.3 Å². The van der Waals surface area contributed by atoms with Gasteiger partial charge in [0.25, 0.3) is 0 Å². The number of halogens is 1. The third-order valence-corrected chi connectivity index (χ3v) is 4.16. The highest BCUT2D eigenvalue weighted by atomic mass is 35.5. The van der Waals surface area contributed by atoms with E-state index in [9.17, 15) is 0 Å². The zero-order valence-corrected chi connectivity index (χ0v) is 11.6. The SMILES string of the molecule is Cc1cccc(C(NN)C2=CCCCCC2)c1Cl. The Hall–Kier alpha value is -0.830. The molecule has 2 rings (SSSR count). The number of benzene rings is 1. The minimum absolute atomic E-state index is 0.0514. The number of hydrazine groups is 1. The second kappa shape index (κ2) is 6.37. The molecule has 0 saturated heterocycles. The smallest absolute Gasteiger partial charge is 0.0684 e. The summed E-state index contributed by atoms with van der Waals surface area (Å²) in [5.74, 6) is 5.76. The molecule has 1 aliphatic rings. The minimum Gasteiger partial charge on any atom is -0.271 e. The summed E-state index contributed by atoms with van der Waals surface area (Å²) in [6, 6.07) is 6.18. The Morgan fingerprint density at radius 1 is 1.28 bits per heavy atom. The molecule has 0 aliphatic heterocycles. The van der Waals surface area contributed by atoms with Crippen molar-refractivity contribution < 1.29 is 0 Å². The topological polar surface area (TPSA) is 38.0 Å². The van der Waals surface area contributed by atoms with Gasteiger partial charge in [0.15, 0.2) is 0 Å². The van der Waals surface area contributed by atoms with Crippen molar-refractivity contribution in [3.8, 4) is 0 Å². The van der Waals surface area contributed by atoms with Gasteiger partial charge in [-0.25, -0.2) is 5.43 Å². The van der Waals surface area contributed by atoms with Crippen LogP contribution < -0.4 is 11.3 Å². The molecule has 0 spiro atoms. The van der Waals surface area contributed by atoms with Crippen molar-refractivity contribution in [2.45, 2.75) is 45.1 Å². The average molecular weight is 265 g/mol. The van der Waals surface area contributed by atoms with Gasteiger partial charge in [0, 0.05) is 5.02 Å². The van der Waals surface area contributed by atoms with Gasteiger partial charge in [-0.2, -0.15) is 0 Å². The van der Waals surface area contributed by atoms with Crippen LogP contribution in [-0.2, 0) is 0 Å². The number of aryl methyl sites for hydroxylation is 1. The summed E-state index contributed by atoms with van der Waals surface area (Å²) in [6.07, 6.45) is 8.42. The van der Waals surface area contributed by atoms with Crippen molar-refractivity contribution in [2.24, 2.45) is 5.84 Å². The van der Waals surface area contributed by atoms with Gasteiger partial charge in [0.2, 0.25) is 0 Å². The maximum absolute atomic E-state index is 6.40. The normalized spacial score (nSPS) is 18.1. The van der Waals surface area contributed by atoms with E-state index >= 15 is 0 Å². The van der Waals surface area contributed by atoms with Crippen molar-refractivity contribution in [1.82, 2.24) is 5.43 Å². The zero-order chi connectivity index (χ0) is 13.0. The van der Waals surface area contributed by atoms with E-state index in [-0.39, 0.29) is 6.04 Å². The molecular formula is C15H21ClN2. The van der Waals surface area contributed by atoms with E-state index in [1.807, 2.05) is 19.1 Å². The standard InChI is InChI=1S/C15H21ClN2/c1-11-7-6-10-13(14(11)16)15(18-17)12-8-4-2-3-5-9-12/h6-8,10,15,18H,2-5,9,17H2,1H3. The Balaban J connectivity index is 2.32. The van der Waals surface area contributed by atoms with E-state index < -0.39 is 0 Å². The fourth-order valence-electron chi connectivity index (χ4n) is 2.59. The van der Waals surface area contributed by atoms with Crippen LogP contribution in [0.2, 0.25) is 5.02 Å². The second-order valence-electron chi connectivity index (χ2n) is 4.96. The quantitative estimate of drug-likeness (QED) is 0.491. The molecule has 1 aromatic rings. The van der Waals surface area contributed by atoms with Crippen LogP contribution in [0.3, 0.4) is 0 Å². The highest BCUT2D eigenvalue weighted by Gasteiger charge is 2.19. The molecule has 2 nitrogen and oxygen atoms in total. The van der Waals surface area contributed by atoms with Crippen LogP contribution >= 0.6 is 11.6 Å². The summed E-state index contributed by atoms with van der Waals surface area (Å²) in [5.41, 5.74) is 6.50. The molecule has 0 bridgehead atoms. The molecule has 0 radical (unpaired) electrons. The predicted molar refractivity (Wildman–Crippen MR) is 77.4 cm³/mol. The third-order valence-electron chi connectivity index (χ3n) is 3.65. The van der Waals surface area contributed by atoms with E-state index in [0.29, 0.717) is 0 Å². The largest absolute Gasteiger partial charge is 0.271 e. The van der Waals surface area contributed by atoms with Crippen molar-refractivity contribution in [1.29, 1.82) is 0 Å². The zero-order valence-electron chi connectivity index (χ0n) is 10.9. The Kier molecular flexibility index (Phi) is 4.81. The summed E-state index contributed by atoms with van der Waals surface area (Å²) in [7, 11) is 0. The molecule has 3 heteroatoms. The van der Waals surface area contributed by atoms with Crippen LogP contribution in [0.25, 0.3) is 0 Å². The number of allylic oxidation sites excluding steroid dienone is 1. The number of hydrogen-bond donors (Lipinski definition) is 2. The monoisotopic (exact) mass is 264 g/mol. The molecule has 1 unspecified atom stereocenters. The fraction of sp³-hybridized carbons (Fsp3) is 0.467. The minimum atomic E-state index is 0.0514. The van der Waals surface area contributed by atoms with E-state index in [1.54, 1.807) is 0 Å². The number of hydrogen-bond acceptors (Lipinski definition) is 2. The van der Waals surface area contributed by atoms with Gasteiger partial charge in [-0.1, -0.05) is 47.9 Å². The summed E-state index contributed by atoms with van der Waals surface area (Å²) >= 11 is 6.40. The number of nitrogens with two attached hydrogens (primary N) is 1. The number of nitrogens with one attached hydrogen (secondary N) is 1. The second-order valence-corrected chi connectivity index (χ2v) is 5.33. The molecular weight excluding hydrogens is 244 g/mol. The molecule has 0 saturated carbocycles. The first-order valence-corrected chi connectivity index (χ1v) is 7.02. The number of rotatable bonds is 3. The van der Waals surface area contributed by atoms with Gasteiger partial charge < -0.3 is 0 Å². The lowest BCUT2D eigenvalue weighted by atomic mass is 9.94. The van der Waals surface area contributed by atoms with Crippen LogP contribution in [0.15, 0.2) is 29.8 Å². The molecule has 0 heterocycles. The highest BCUT2D eigenvalue weighted by Crippen LogP contribution is 2.33. The van der Waals surface area contributed by atoms with Crippen molar-refractivity contribution in [3.05, 3.63) is 46.0 Å². The molecule has 1 aliphatic carbocycles. The molecule has 1 aromatic carbocycles. The van der Waals surface area contributed by atoms with Crippen molar-refractivity contribution in [2.75, 3.05) is 0 Å². The first-order chi connectivity index (χ1) is 8.74. The first-order valence-electron chi connectivity index (χ1n) is 6.64. The summed E-state index contributed by atoms with van der Waals surface area (Å²) in [5, 5.41) is 0.825. The van der Waals surface area contributed by atoms with Gasteiger partial charge in [-0.3, -0.25) is 5.84 Å². The van der Waals surface area contributed by atoms with Gasteiger partial charge in [0.05, 0.1) is 6.04 Å². The molecule has 3 N–H and O–H groups in total. The lowest BCUT2D eigenvalue weighted by molar-refractivity contribution is 0.593. The van der Waals surface area contributed by atoms with Crippen molar-refractivity contribution >= 4 is 11.6 Å². The van der Waals surface area contributed by atoms with Gasteiger partial charge in [-0.05, 0) is 43.7 Å². The van der Waals surface area contributed by atoms with Gasteiger partial charge >= 0.3 is 0 Å². The molecule has 0 amide bonds. The molecule has 0 fully saturated rings. The molecule has 1 atom stereocenters. The Morgan fingerprint density at radius 3 is 2.89 bits per heavy atom. The summed E-state index contributed by atoms with van der Waals surface area (Å²) < 4.78 is 0. The predicted octanol–water partition coefficient (Wildman–Crippen LogP) is 4.04. The molecule has 98 valence electrons. The van der Waals surface area contributed by atoms with Gasteiger partial charge in [0.1, 0.15) is 0 Å². The lowest BCUT2D eigenvalue weighted by Crippen LogP contribution is -2.29. The Morgan fingerprint density at radius 2 is 2.11 bits per heavy atom. The maximum atomic E-state index is 6.40. The summed E-state index contributed by atoms with van der Waals surface area (Å²) in [4.78, 5) is 0. The van der Waals surface area contributed by atoms with Crippen LogP contribution in [0.4, 0.5) is 0 Å². The van der Waals surface area contributed by atoms with E-state index in [2.05, 4.69) is 17.6 Å². The molecule has 0 aromatic heterocycles. The van der Waals surface area contributed by atoms with E-state index in [0.717, 1.165) is 29.0 Å². The molecule has 18 heavy (non-hydrogen) atoms. The first kappa shape index (κ1) is 13.6.